The lowest BCUT2D eigenvalue weighted by atomic mass is 10.1. The minimum atomic E-state index is -0.603. The van der Waals surface area contributed by atoms with Gasteiger partial charge in [0.05, 0.1) is 5.69 Å². The first-order valence-electron chi connectivity index (χ1n) is 7.81. The molecule has 0 unspecified atom stereocenters. The minimum absolute atomic E-state index is 0.0949. The zero-order valence-corrected chi connectivity index (χ0v) is 13.6. The van der Waals surface area contributed by atoms with Crippen LogP contribution in [0, 0.1) is 0 Å². The predicted octanol–water partition coefficient (Wildman–Crippen LogP) is 3.50. The molecule has 2 aromatic carbocycles. The Kier molecular flexibility index (Phi) is 4.95. The summed E-state index contributed by atoms with van der Waals surface area (Å²) in [5.74, 6) is -0.707. The maximum Gasteiger partial charge on any atom is 0.420 e. The zero-order valence-electron chi connectivity index (χ0n) is 13.6. The second kappa shape index (κ2) is 7.49. The minimum Gasteiger partial charge on any atom is -0.460 e. The van der Waals surface area contributed by atoms with Crippen LogP contribution < -0.4 is 5.76 Å². The van der Waals surface area contributed by atoms with E-state index in [-0.39, 0.29) is 13.2 Å². The Bertz CT molecular complexity index is 923. The number of oxazole rings is 1. The van der Waals surface area contributed by atoms with Gasteiger partial charge in [0.1, 0.15) is 13.2 Å². The molecule has 0 saturated carbocycles. The van der Waals surface area contributed by atoms with Crippen LogP contribution in [0.3, 0.4) is 0 Å². The summed E-state index contributed by atoms with van der Waals surface area (Å²) in [5, 5.41) is 0. The Labute approximate surface area is 144 Å². The van der Waals surface area contributed by atoms with E-state index >= 15 is 0 Å². The van der Waals surface area contributed by atoms with Gasteiger partial charge in [0.15, 0.2) is 5.76 Å². The van der Waals surface area contributed by atoms with Gasteiger partial charge in [-0.05, 0) is 0 Å². The molecule has 1 aromatic heterocycles. The molecule has 0 aliphatic rings. The molecule has 5 heteroatoms. The van der Waals surface area contributed by atoms with E-state index in [9.17, 15) is 9.59 Å². The number of hydrogen-bond donors (Lipinski definition) is 0. The highest BCUT2D eigenvalue weighted by molar-refractivity contribution is 5.78. The molecule has 25 heavy (non-hydrogen) atoms. The SMILES string of the molecule is C=CCOC(=O)Cn1c(-c2ccccc2)c(-c2ccccc2)oc1=O. The van der Waals surface area contributed by atoms with Gasteiger partial charge in [-0.3, -0.25) is 9.36 Å². The molecule has 0 fully saturated rings. The predicted molar refractivity (Wildman–Crippen MR) is 95.0 cm³/mol. The molecule has 126 valence electrons. The smallest absolute Gasteiger partial charge is 0.420 e. The summed E-state index contributed by atoms with van der Waals surface area (Å²) >= 11 is 0. The van der Waals surface area contributed by atoms with Gasteiger partial charge in [0.25, 0.3) is 0 Å². The molecule has 0 aliphatic carbocycles. The highest BCUT2D eigenvalue weighted by Gasteiger charge is 2.21. The first kappa shape index (κ1) is 16.5. The number of carbonyl (C=O) groups excluding carboxylic acids is 1. The van der Waals surface area contributed by atoms with E-state index in [1.807, 2.05) is 60.7 Å². The van der Waals surface area contributed by atoms with E-state index in [1.165, 1.54) is 10.6 Å². The molecule has 0 amide bonds. The molecule has 3 aromatic rings. The number of carbonyl (C=O) groups is 1. The number of ether oxygens (including phenoxy) is 1. The molecular weight excluding hydrogens is 318 g/mol. The Morgan fingerprint density at radius 3 is 2.24 bits per heavy atom. The Hall–Kier alpha value is -3.34. The third-order valence-electron chi connectivity index (χ3n) is 3.63. The van der Waals surface area contributed by atoms with Crippen LogP contribution in [-0.4, -0.2) is 17.1 Å². The number of benzene rings is 2. The number of esters is 1. The molecule has 0 N–H and O–H groups in total. The van der Waals surface area contributed by atoms with Crippen molar-refractivity contribution in [2.75, 3.05) is 6.61 Å². The molecule has 5 nitrogen and oxygen atoms in total. The van der Waals surface area contributed by atoms with E-state index in [0.717, 1.165) is 11.1 Å². The fourth-order valence-electron chi connectivity index (χ4n) is 2.54. The fraction of sp³-hybridized carbons (Fsp3) is 0.100. The Morgan fingerprint density at radius 1 is 1.04 bits per heavy atom. The molecule has 3 rings (SSSR count). The van der Waals surface area contributed by atoms with Crippen molar-refractivity contribution >= 4 is 5.97 Å². The highest BCUT2D eigenvalue weighted by atomic mass is 16.5. The highest BCUT2D eigenvalue weighted by Crippen LogP contribution is 2.31. The lowest BCUT2D eigenvalue weighted by Gasteiger charge is -2.08. The van der Waals surface area contributed by atoms with Crippen molar-refractivity contribution in [1.29, 1.82) is 0 Å². The van der Waals surface area contributed by atoms with Gasteiger partial charge in [0, 0.05) is 11.1 Å². The topological polar surface area (TPSA) is 61.4 Å². The summed E-state index contributed by atoms with van der Waals surface area (Å²) in [6.07, 6.45) is 1.48. The average molecular weight is 335 g/mol. The normalized spacial score (nSPS) is 10.4. The van der Waals surface area contributed by atoms with Crippen LogP contribution in [-0.2, 0) is 16.1 Å². The van der Waals surface area contributed by atoms with Crippen molar-refractivity contribution in [3.8, 4) is 22.6 Å². The van der Waals surface area contributed by atoms with Crippen molar-refractivity contribution in [3.05, 3.63) is 83.9 Å². The standard InChI is InChI=1S/C20H17NO4/c1-2-13-24-17(22)14-21-18(15-9-5-3-6-10-15)19(25-20(21)23)16-11-7-4-8-12-16/h2-12H,1,13-14H2. The largest absolute Gasteiger partial charge is 0.460 e. The van der Waals surface area contributed by atoms with Gasteiger partial charge in [-0.15, -0.1) is 0 Å². The van der Waals surface area contributed by atoms with E-state index in [1.54, 1.807) is 0 Å². The van der Waals surface area contributed by atoms with Crippen molar-refractivity contribution in [2.45, 2.75) is 6.54 Å². The monoisotopic (exact) mass is 335 g/mol. The summed E-state index contributed by atoms with van der Waals surface area (Å²) < 4.78 is 11.8. The molecule has 0 aliphatic heterocycles. The van der Waals surface area contributed by atoms with Gasteiger partial charge in [-0.25, -0.2) is 4.79 Å². The summed E-state index contributed by atoms with van der Waals surface area (Å²) in [7, 11) is 0. The average Bonchev–Trinajstić information content (AvgIpc) is 2.98. The van der Waals surface area contributed by atoms with Gasteiger partial charge in [-0.2, -0.15) is 0 Å². The molecule has 0 saturated heterocycles. The summed E-state index contributed by atoms with van der Waals surface area (Å²) in [6.45, 7) is 3.37. The van der Waals surface area contributed by atoms with Gasteiger partial charge < -0.3 is 9.15 Å². The first-order valence-corrected chi connectivity index (χ1v) is 7.81. The molecule has 0 atom stereocenters. The molecule has 0 radical (unpaired) electrons. The van der Waals surface area contributed by atoms with Crippen LogP contribution in [0.5, 0.6) is 0 Å². The molecule has 0 bridgehead atoms. The van der Waals surface area contributed by atoms with E-state index in [0.29, 0.717) is 11.5 Å². The van der Waals surface area contributed by atoms with Gasteiger partial charge in [-0.1, -0.05) is 73.3 Å². The van der Waals surface area contributed by atoms with Crippen LogP contribution in [0.4, 0.5) is 0 Å². The van der Waals surface area contributed by atoms with Crippen LogP contribution in [0.2, 0.25) is 0 Å². The van der Waals surface area contributed by atoms with Crippen molar-refractivity contribution < 1.29 is 13.9 Å². The van der Waals surface area contributed by atoms with Crippen LogP contribution in [0.1, 0.15) is 0 Å². The summed E-state index contributed by atoms with van der Waals surface area (Å²) in [4.78, 5) is 24.4. The second-order valence-electron chi connectivity index (χ2n) is 5.34. The number of nitrogens with zero attached hydrogens (tertiary/aromatic N) is 1. The number of rotatable bonds is 6. The quantitative estimate of drug-likeness (QED) is 0.511. The summed E-state index contributed by atoms with van der Waals surface area (Å²) in [5.41, 5.74) is 2.09. The second-order valence-corrected chi connectivity index (χ2v) is 5.34. The van der Waals surface area contributed by atoms with Crippen LogP contribution in [0.25, 0.3) is 22.6 Å². The number of aromatic nitrogens is 1. The zero-order chi connectivity index (χ0) is 17.6. The van der Waals surface area contributed by atoms with Crippen LogP contribution >= 0.6 is 0 Å². The van der Waals surface area contributed by atoms with Crippen molar-refractivity contribution in [1.82, 2.24) is 4.57 Å². The third-order valence-corrected chi connectivity index (χ3v) is 3.63. The van der Waals surface area contributed by atoms with E-state index < -0.39 is 11.7 Å². The van der Waals surface area contributed by atoms with E-state index in [2.05, 4.69) is 6.58 Å². The van der Waals surface area contributed by atoms with E-state index in [4.69, 9.17) is 9.15 Å². The first-order chi connectivity index (χ1) is 12.2. The lowest BCUT2D eigenvalue weighted by Crippen LogP contribution is -2.22. The number of hydrogen-bond acceptors (Lipinski definition) is 4. The maximum atomic E-state index is 12.4. The van der Waals surface area contributed by atoms with Gasteiger partial charge in [0.2, 0.25) is 0 Å². The molecular formula is C20H17NO4. The lowest BCUT2D eigenvalue weighted by molar-refractivity contribution is -0.143. The van der Waals surface area contributed by atoms with Crippen LogP contribution in [0.15, 0.2) is 82.5 Å². The summed E-state index contributed by atoms with van der Waals surface area (Å²) in [6, 6.07) is 18.6. The maximum absolute atomic E-state index is 12.4. The molecule has 0 spiro atoms. The van der Waals surface area contributed by atoms with Gasteiger partial charge >= 0.3 is 11.7 Å². The Balaban J connectivity index is 2.12. The fourth-order valence-corrected chi connectivity index (χ4v) is 2.54. The molecule has 1 heterocycles. The third kappa shape index (κ3) is 3.61. The Morgan fingerprint density at radius 2 is 1.64 bits per heavy atom. The van der Waals surface area contributed by atoms with Crippen molar-refractivity contribution in [2.24, 2.45) is 0 Å². The van der Waals surface area contributed by atoms with Crippen molar-refractivity contribution in [3.63, 3.8) is 0 Å².